The number of hydrogen-bond donors (Lipinski definition) is 0. The molecular formula is C16H14O2. The van der Waals surface area contributed by atoms with Crippen molar-refractivity contribution in [2.24, 2.45) is 0 Å². The Morgan fingerprint density at radius 3 is 2.06 bits per heavy atom. The molecule has 2 nitrogen and oxygen atoms in total. The van der Waals surface area contributed by atoms with Crippen molar-refractivity contribution in [3.63, 3.8) is 0 Å². The minimum atomic E-state index is -0.0947. The molecule has 18 heavy (non-hydrogen) atoms. The second-order valence-electron chi connectivity index (χ2n) is 3.89. The summed E-state index contributed by atoms with van der Waals surface area (Å²) >= 11 is 0. The minimum absolute atomic E-state index is 0.0947. The molecule has 0 unspecified atom stereocenters. The van der Waals surface area contributed by atoms with Gasteiger partial charge in [0.2, 0.25) is 0 Å². The summed E-state index contributed by atoms with van der Waals surface area (Å²) in [5.41, 5.74) is 0.943. The van der Waals surface area contributed by atoms with E-state index in [0.717, 1.165) is 5.56 Å². The zero-order valence-electron chi connectivity index (χ0n) is 10.2. The number of carbonyl (C=O) groups excluding carboxylic acids is 1. The van der Waals surface area contributed by atoms with Crippen molar-refractivity contribution in [2.45, 2.75) is 6.92 Å². The summed E-state index contributed by atoms with van der Waals surface area (Å²) < 4.78 is 5.59. The number of ketones is 1. The van der Waals surface area contributed by atoms with Crippen molar-refractivity contribution in [3.8, 4) is 5.75 Å². The first kappa shape index (κ1) is 12.1. The Labute approximate surface area is 107 Å². The Bertz CT molecular complexity index is 542. The normalized spacial score (nSPS) is 11.1. The van der Waals surface area contributed by atoms with E-state index in [1.54, 1.807) is 6.08 Å². The molecule has 0 saturated heterocycles. The monoisotopic (exact) mass is 238 g/mol. The molecular weight excluding hydrogens is 224 g/mol. The predicted molar refractivity (Wildman–Crippen MR) is 72.2 cm³/mol. The number of benzene rings is 2. The Balaban J connectivity index is 2.25. The lowest BCUT2D eigenvalue weighted by molar-refractivity contribution is -0.115. The number of allylic oxidation sites excluding steroid dienone is 1. The second-order valence-corrected chi connectivity index (χ2v) is 3.89. The Hall–Kier alpha value is -2.35. The molecule has 0 N–H and O–H groups in total. The van der Waals surface area contributed by atoms with Gasteiger partial charge in [0.25, 0.3) is 0 Å². The summed E-state index contributed by atoms with van der Waals surface area (Å²) in [6.07, 6.45) is 1.75. The van der Waals surface area contributed by atoms with Crippen LogP contribution in [0.2, 0.25) is 0 Å². The molecule has 0 fully saturated rings. The number of Topliss-reactive ketones (excluding diaryl/α,β-unsaturated/α-hetero) is 1. The van der Waals surface area contributed by atoms with Crippen LogP contribution in [-0.2, 0) is 4.79 Å². The van der Waals surface area contributed by atoms with Gasteiger partial charge >= 0.3 is 0 Å². The van der Waals surface area contributed by atoms with Crippen LogP contribution in [0.4, 0.5) is 0 Å². The molecule has 0 aromatic heterocycles. The number of hydrogen-bond acceptors (Lipinski definition) is 2. The summed E-state index contributed by atoms with van der Waals surface area (Å²) in [5.74, 6) is 0.907. The number of rotatable bonds is 4. The van der Waals surface area contributed by atoms with E-state index in [2.05, 4.69) is 0 Å². The van der Waals surface area contributed by atoms with Gasteiger partial charge in [-0.05, 0) is 23.8 Å². The second kappa shape index (κ2) is 5.82. The molecule has 0 aliphatic carbocycles. The fourth-order valence-corrected chi connectivity index (χ4v) is 1.52. The first-order valence-electron chi connectivity index (χ1n) is 5.76. The number of para-hydroxylation sites is 1. The summed E-state index contributed by atoms with van der Waals surface area (Å²) in [6.45, 7) is 1.50. The molecule has 0 atom stereocenters. The van der Waals surface area contributed by atoms with E-state index in [1.165, 1.54) is 6.92 Å². The van der Waals surface area contributed by atoms with E-state index in [4.69, 9.17) is 4.74 Å². The molecule has 0 saturated carbocycles. The Morgan fingerprint density at radius 1 is 0.944 bits per heavy atom. The molecule has 0 radical (unpaired) electrons. The average Bonchev–Trinajstić information content (AvgIpc) is 2.40. The summed E-state index contributed by atoms with van der Waals surface area (Å²) in [4.78, 5) is 11.6. The third-order valence-electron chi connectivity index (χ3n) is 2.42. The highest BCUT2D eigenvalue weighted by atomic mass is 16.5. The Kier molecular flexibility index (Phi) is 3.92. The Morgan fingerprint density at radius 2 is 1.50 bits per heavy atom. The van der Waals surface area contributed by atoms with Gasteiger partial charge in [0, 0.05) is 6.92 Å². The van der Waals surface area contributed by atoms with Crippen molar-refractivity contribution >= 4 is 11.9 Å². The molecule has 2 aromatic carbocycles. The lowest BCUT2D eigenvalue weighted by Gasteiger charge is -2.07. The van der Waals surface area contributed by atoms with E-state index < -0.39 is 0 Å². The van der Waals surface area contributed by atoms with Crippen molar-refractivity contribution in [1.82, 2.24) is 0 Å². The third kappa shape index (κ3) is 3.32. The van der Waals surface area contributed by atoms with Crippen molar-refractivity contribution in [2.75, 3.05) is 0 Å². The fourth-order valence-electron chi connectivity index (χ4n) is 1.52. The molecule has 0 spiro atoms. The predicted octanol–water partition coefficient (Wildman–Crippen LogP) is 3.70. The van der Waals surface area contributed by atoms with E-state index in [9.17, 15) is 4.79 Å². The molecule has 0 bridgehead atoms. The average molecular weight is 238 g/mol. The smallest absolute Gasteiger partial charge is 0.194 e. The maximum Gasteiger partial charge on any atom is 0.194 e. The maximum atomic E-state index is 11.6. The molecule has 0 aliphatic rings. The maximum absolute atomic E-state index is 11.6. The molecule has 2 heteroatoms. The standard InChI is InChI=1S/C16H14O2/c1-13(17)16(12-14-8-4-2-5-9-14)18-15-10-6-3-7-11-15/h2-12H,1H3/b16-12+. The molecule has 0 heterocycles. The third-order valence-corrected chi connectivity index (χ3v) is 2.42. The highest BCUT2D eigenvalue weighted by molar-refractivity contribution is 5.96. The van der Waals surface area contributed by atoms with Gasteiger partial charge in [-0.15, -0.1) is 0 Å². The first-order chi connectivity index (χ1) is 8.75. The van der Waals surface area contributed by atoms with Crippen molar-refractivity contribution in [1.29, 1.82) is 0 Å². The van der Waals surface area contributed by atoms with Gasteiger partial charge in [-0.1, -0.05) is 48.5 Å². The molecule has 0 amide bonds. The number of ether oxygens (including phenoxy) is 1. The van der Waals surface area contributed by atoms with Crippen LogP contribution >= 0.6 is 0 Å². The largest absolute Gasteiger partial charge is 0.454 e. The van der Waals surface area contributed by atoms with Crippen molar-refractivity contribution < 1.29 is 9.53 Å². The van der Waals surface area contributed by atoms with Gasteiger partial charge in [0.1, 0.15) is 5.75 Å². The van der Waals surface area contributed by atoms with Gasteiger partial charge < -0.3 is 4.74 Å². The van der Waals surface area contributed by atoms with Crippen LogP contribution in [0.15, 0.2) is 66.4 Å². The SMILES string of the molecule is CC(=O)/C(=C\c1ccccc1)Oc1ccccc1. The zero-order valence-corrected chi connectivity index (χ0v) is 10.2. The van der Waals surface area contributed by atoms with Crippen LogP contribution < -0.4 is 4.74 Å². The topological polar surface area (TPSA) is 26.3 Å². The highest BCUT2D eigenvalue weighted by Crippen LogP contribution is 2.15. The quantitative estimate of drug-likeness (QED) is 0.599. The molecule has 90 valence electrons. The summed E-state index contributed by atoms with van der Waals surface area (Å²) in [5, 5.41) is 0. The van der Waals surface area contributed by atoms with E-state index in [-0.39, 0.29) is 5.78 Å². The van der Waals surface area contributed by atoms with Crippen LogP contribution in [0.25, 0.3) is 6.08 Å². The molecule has 2 rings (SSSR count). The lowest BCUT2D eigenvalue weighted by Crippen LogP contribution is -2.04. The zero-order chi connectivity index (χ0) is 12.8. The van der Waals surface area contributed by atoms with Crippen LogP contribution in [0.3, 0.4) is 0 Å². The fraction of sp³-hybridized carbons (Fsp3) is 0.0625. The van der Waals surface area contributed by atoms with Gasteiger partial charge in [-0.25, -0.2) is 0 Å². The van der Waals surface area contributed by atoms with Gasteiger partial charge in [0.05, 0.1) is 0 Å². The summed E-state index contributed by atoms with van der Waals surface area (Å²) in [6, 6.07) is 18.9. The van der Waals surface area contributed by atoms with Gasteiger partial charge in [0.15, 0.2) is 11.5 Å². The van der Waals surface area contributed by atoms with Crippen LogP contribution in [0.1, 0.15) is 12.5 Å². The van der Waals surface area contributed by atoms with E-state index in [1.807, 2.05) is 60.7 Å². The van der Waals surface area contributed by atoms with Crippen molar-refractivity contribution in [3.05, 3.63) is 72.0 Å². The van der Waals surface area contributed by atoms with Gasteiger partial charge in [-0.2, -0.15) is 0 Å². The summed E-state index contributed by atoms with van der Waals surface area (Å²) in [7, 11) is 0. The number of carbonyl (C=O) groups is 1. The molecule has 0 aliphatic heterocycles. The van der Waals surface area contributed by atoms with E-state index >= 15 is 0 Å². The minimum Gasteiger partial charge on any atom is -0.454 e. The van der Waals surface area contributed by atoms with Crippen LogP contribution in [0, 0.1) is 0 Å². The highest BCUT2D eigenvalue weighted by Gasteiger charge is 2.06. The van der Waals surface area contributed by atoms with Crippen LogP contribution in [-0.4, -0.2) is 5.78 Å². The van der Waals surface area contributed by atoms with Crippen LogP contribution in [0.5, 0.6) is 5.75 Å². The first-order valence-corrected chi connectivity index (χ1v) is 5.76. The van der Waals surface area contributed by atoms with E-state index in [0.29, 0.717) is 11.5 Å². The lowest BCUT2D eigenvalue weighted by atomic mass is 10.2. The van der Waals surface area contributed by atoms with Gasteiger partial charge in [-0.3, -0.25) is 4.79 Å². The molecule has 2 aromatic rings.